The number of benzene rings is 1. The lowest BCUT2D eigenvalue weighted by Gasteiger charge is -2.38. The number of aliphatic carboxylic acids is 1. The maximum atomic E-state index is 13.0. The summed E-state index contributed by atoms with van der Waals surface area (Å²) in [5.74, 6) is -1.68. The van der Waals surface area contributed by atoms with Gasteiger partial charge in [-0.2, -0.15) is 0 Å². The maximum Gasteiger partial charge on any atom is 0.310 e. The van der Waals surface area contributed by atoms with E-state index >= 15 is 0 Å². The van der Waals surface area contributed by atoms with Gasteiger partial charge in [0.1, 0.15) is 11.7 Å². The average molecular weight is 358 g/mol. The summed E-state index contributed by atoms with van der Waals surface area (Å²) in [6.45, 7) is 2.48. The van der Waals surface area contributed by atoms with E-state index < -0.39 is 30.0 Å². The summed E-state index contributed by atoms with van der Waals surface area (Å²) in [4.78, 5) is 28.5. The smallest absolute Gasteiger partial charge is 0.310 e. The Morgan fingerprint density at radius 3 is 2.38 bits per heavy atom. The van der Waals surface area contributed by atoms with E-state index in [9.17, 15) is 14.7 Å². The Kier molecular flexibility index (Phi) is 4.32. The Balaban J connectivity index is 1.44. The van der Waals surface area contributed by atoms with Gasteiger partial charge in [0.2, 0.25) is 5.91 Å². The van der Waals surface area contributed by atoms with E-state index in [4.69, 9.17) is 9.47 Å². The number of anilines is 1. The number of carbonyl (C=O) groups is 2. The third-order valence-corrected chi connectivity index (χ3v) is 5.49. The van der Waals surface area contributed by atoms with Gasteiger partial charge in [0.15, 0.2) is 0 Å². The normalized spacial score (nSPS) is 29.9. The number of amides is 1. The Morgan fingerprint density at radius 2 is 1.73 bits per heavy atom. The fraction of sp³-hybridized carbons (Fsp3) is 0.474. The molecule has 4 atom stereocenters. The highest BCUT2D eigenvalue weighted by Crippen LogP contribution is 2.40. The number of fused-ring (bicyclic) bond motifs is 2. The van der Waals surface area contributed by atoms with Crippen LogP contribution >= 0.6 is 0 Å². The van der Waals surface area contributed by atoms with Crippen molar-refractivity contribution in [1.29, 1.82) is 0 Å². The van der Waals surface area contributed by atoms with Crippen molar-refractivity contribution in [3.05, 3.63) is 36.4 Å². The third kappa shape index (κ3) is 2.72. The first-order valence-corrected chi connectivity index (χ1v) is 8.83. The standard InChI is InChI=1S/C19H22N2O5/c1-25-13-5-3-2-4-12(13)20-8-10-21(11-9-20)18(22)16-14-6-7-15(26-14)17(16)19(23)24/h2-7,14-17H,8-11H2,1H3,(H,23,24)/t14-,15-,16-,17-/m1/s1. The molecule has 0 spiro atoms. The SMILES string of the molecule is COc1ccccc1N1CCN(C(=O)[C@H]2[C@H](C(=O)O)[C@H]3C=C[C@H]2O3)CC1. The molecule has 1 amide bonds. The van der Waals surface area contributed by atoms with E-state index in [0.29, 0.717) is 26.2 Å². The van der Waals surface area contributed by atoms with Gasteiger partial charge in [-0.15, -0.1) is 0 Å². The largest absolute Gasteiger partial charge is 0.495 e. The van der Waals surface area contributed by atoms with Crippen molar-refractivity contribution in [3.8, 4) is 5.75 Å². The van der Waals surface area contributed by atoms with Crippen molar-refractivity contribution in [3.63, 3.8) is 0 Å². The number of carbonyl (C=O) groups excluding carboxylic acids is 1. The lowest BCUT2D eigenvalue weighted by atomic mass is 9.82. The summed E-state index contributed by atoms with van der Waals surface area (Å²) in [6.07, 6.45) is 2.67. The van der Waals surface area contributed by atoms with Crippen LogP contribution in [0.2, 0.25) is 0 Å². The number of hydrogen-bond donors (Lipinski definition) is 1. The summed E-state index contributed by atoms with van der Waals surface area (Å²) in [5, 5.41) is 9.49. The molecule has 4 rings (SSSR count). The molecule has 1 N–H and O–H groups in total. The van der Waals surface area contributed by atoms with Gasteiger partial charge in [0.05, 0.1) is 30.9 Å². The molecular weight excluding hydrogens is 336 g/mol. The topological polar surface area (TPSA) is 79.3 Å². The van der Waals surface area contributed by atoms with Crippen LogP contribution < -0.4 is 9.64 Å². The quantitative estimate of drug-likeness (QED) is 0.809. The second-order valence-electron chi connectivity index (χ2n) is 6.82. The molecule has 3 aliphatic rings. The Morgan fingerprint density at radius 1 is 1.08 bits per heavy atom. The van der Waals surface area contributed by atoms with Crippen LogP contribution in [0.1, 0.15) is 0 Å². The highest BCUT2D eigenvalue weighted by atomic mass is 16.5. The van der Waals surface area contributed by atoms with Crippen LogP contribution in [-0.2, 0) is 14.3 Å². The van der Waals surface area contributed by atoms with Crippen molar-refractivity contribution < 1.29 is 24.2 Å². The molecule has 26 heavy (non-hydrogen) atoms. The van der Waals surface area contributed by atoms with Crippen LogP contribution in [-0.4, -0.2) is 67.4 Å². The molecule has 3 aliphatic heterocycles. The minimum atomic E-state index is -0.965. The number of carboxylic acids is 1. The highest BCUT2D eigenvalue weighted by Gasteiger charge is 2.54. The van der Waals surface area contributed by atoms with Gasteiger partial charge in [-0.3, -0.25) is 9.59 Å². The molecule has 2 saturated heterocycles. The second-order valence-corrected chi connectivity index (χ2v) is 6.82. The third-order valence-electron chi connectivity index (χ3n) is 5.49. The molecule has 0 unspecified atom stereocenters. The fourth-order valence-corrected chi connectivity index (χ4v) is 4.17. The zero-order chi connectivity index (χ0) is 18.3. The molecule has 1 aromatic carbocycles. The number of para-hydroxylation sites is 2. The molecule has 0 aromatic heterocycles. The summed E-state index contributed by atoms with van der Waals surface area (Å²) in [5.41, 5.74) is 1.01. The van der Waals surface area contributed by atoms with E-state index in [1.54, 1.807) is 18.1 Å². The summed E-state index contributed by atoms with van der Waals surface area (Å²) in [6, 6.07) is 7.82. The van der Waals surface area contributed by atoms with Crippen molar-refractivity contribution in [2.45, 2.75) is 12.2 Å². The molecule has 2 bridgehead atoms. The minimum absolute atomic E-state index is 0.117. The molecule has 0 saturated carbocycles. The zero-order valence-electron chi connectivity index (χ0n) is 14.6. The van der Waals surface area contributed by atoms with E-state index in [0.717, 1.165) is 11.4 Å². The zero-order valence-corrected chi connectivity index (χ0v) is 14.6. The van der Waals surface area contributed by atoms with Crippen LogP contribution in [0.5, 0.6) is 5.75 Å². The number of hydrogen-bond acceptors (Lipinski definition) is 5. The van der Waals surface area contributed by atoms with Crippen molar-refractivity contribution in [2.75, 3.05) is 38.2 Å². The summed E-state index contributed by atoms with van der Waals surface area (Å²) >= 11 is 0. The minimum Gasteiger partial charge on any atom is -0.495 e. The Labute approximate surface area is 151 Å². The van der Waals surface area contributed by atoms with Gasteiger partial charge in [0, 0.05) is 26.2 Å². The molecule has 138 valence electrons. The van der Waals surface area contributed by atoms with Crippen molar-refractivity contribution >= 4 is 17.6 Å². The predicted molar refractivity (Wildman–Crippen MR) is 94.2 cm³/mol. The predicted octanol–water partition coefficient (Wildman–Crippen LogP) is 0.998. The lowest BCUT2D eigenvalue weighted by Crippen LogP contribution is -2.53. The molecule has 3 heterocycles. The first-order valence-electron chi connectivity index (χ1n) is 8.83. The number of carboxylic acid groups (broad SMARTS) is 1. The molecule has 7 nitrogen and oxygen atoms in total. The molecule has 7 heteroatoms. The van der Waals surface area contributed by atoms with Crippen molar-refractivity contribution in [1.82, 2.24) is 4.90 Å². The highest BCUT2D eigenvalue weighted by molar-refractivity contribution is 5.87. The van der Waals surface area contributed by atoms with Gasteiger partial charge >= 0.3 is 5.97 Å². The second kappa shape index (κ2) is 6.64. The van der Waals surface area contributed by atoms with E-state index in [1.807, 2.05) is 30.3 Å². The number of ether oxygens (including phenoxy) is 2. The molecule has 0 aliphatic carbocycles. The lowest BCUT2D eigenvalue weighted by molar-refractivity contribution is -0.149. The van der Waals surface area contributed by atoms with Crippen LogP contribution in [0.4, 0.5) is 5.69 Å². The molecule has 1 aromatic rings. The van der Waals surface area contributed by atoms with Crippen LogP contribution in [0, 0.1) is 11.8 Å². The van der Waals surface area contributed by atoms with Crippen LogP contribution in [0.15, 0.2) is 36.4 Å². The summed E-state index contributed by atoms with van der Waals surface area (Å²) in [7, 11) is 1.65. The Bertz CT molecular complexity index is 741. The van der Waals surface area contributed by atoms with E-state index in [-0.39, 0.29) is 5.91 Å². The first-order chi connectivity index (χ1) is 12.6. The molecule has 2 fully saturated rings. The number of nitrogens with zero attached hydrogens (tertiary/aromatic N) is 2. The van der Waals surface area contributed by atoms with Gasteiger partial charge < -0.3 is 24.4 Å². The Hall–Kier alpha value is -2.54. The maximum absolute atomic E-state index is 13.0. The van der Waals surface area contributed by atoms with Crippen LogP contribution in [0.3, 0.4) is 0 Å². The van der Waals surface area contributed by atoms with Crippen molar-refractivity contribution in [2.24, 2.45) is 11.8 Å². The number of methoxy groups -OCH3 is 1. The van der Waals surface area contributed by atoms with Gasteiger partial charge in [-0.25, -0.2) is 0 Å². The molecule has 0 radical (unpaired) electrons. The van der Waals surface area contributed by atoms with Gasteiger partial charge in [0.25, 0.3) is 0 Å². The number of piperazine rings is 1. The molecular formula is C19H22N2O5. The first kappa shape index (κ1) is 16.9. The fourth-order valence-electron chi connectivity index (χ4n) is 4.17. The van der Waals surface area contributed by atoms with Crippen LogP contribution in [0.25, 0.3) is 0 Å². The average Bonchev–Trinajstić information content (AvgIpc) is 3.29. The van der Waals surface area contributed by atoms with E-state index in [2.05, 4.69) is 4.90 Å². The van der Waals surface area contributed by atoms with E-state index in [1.165, 1.54) is 0 Å². The van der Waals surface area contributed by atoms with Gasteiger partial charge in [-0.05, 0) is 12.1 Å². The monoisotopic (exact) mass is 358 g/mol. The summed E-state index contributed by atoms with van der Waals surface area (Å²) < 4.78 is 11.0. The van der Waals surface area contributed by atoms with Gasteiger partial charge in [-0.1, -0.05) is 24.3 Å². The number of rotatable bonds is 4.